The van der Waals surface area contributed by atoms with E-state index in [-0.39, 0.29) is 17.1 Å². The third kappa shape index (κ3) is 5.87. The number of carbonyl (C=O) groups excluding carboxylic acids is 2. The third-order valence-electron chi connectivity index (χ3n) is 3.59. The van der Waals surface area contributed by atoms with Crippen LogP contribution < -0.4 is 5.32 Å². The predicted molar refractivity (Wildman–Crippen MR) is 101 cm³/mol. The number of nitrogens with zero attached hydrogens (tertiary/aromatic N) is 2. The number of benzene rings is 1. The first-order chi connectivity index (χ1) is 12.5. The van der Waals surface area contributed by atoms with E-state index in [0.29, 0.717) is 23.0 Å². The molecule has 2 N–H and O–H groups in total. The Morgan fingerprint density at radius 1 is 1.27 bits per heavy atom. The van der Waals surface area contributed by atoms with Gasteiger partial charge in [-0.15, -0.1) is 5.10 Å². The summed E-state index contributed by atoms with van der Waals surface area (Å²) in [6.45, 7) is 6.01. The zero-order valence-corrected chi connectivity index (χ0v) is 16.1. The van der Waals surface area contributed by atoms with Crippen molar-refractivity contribution in [1.82, 2.24) is 15.2 Å². The van der Waals surface area contributed by atoms with Gasteiger partial charge in [0, 0.05) is 12.1 Å². The van der Waals surface area contributed by atoms with Crippen molar-refractivity contribution in [1.29, 1.82) is 0 Å². The number of esters is 1. The number of thioether (sulfide) groups is 1. The van der Waals surface area contributed by atoms with Gasteiger partial charge in [-0.2, -0.15) is 0 Å². The molecular formula is C18H24N4O3S. The topological polar surface area (TPSA) is 97.0 Å². The van der Waals surface area contributed by atoms with Crippen LogP contribution in [-0.4, -0.2) is 38.9 Å². The highest BCUT2D eigenvalue weighted by Gasteiger charge is 2.17. The molecule has 1 aromatic heterocycles. The minimum atomic E-state index is -0.377. The molecule has 0 saturated carbocycles. The molecule has 0 saturated heterocycles. The molecule has 1 aromatic carbocycles. The number of aromatic amines is 1. The van der Waals surface area contributed by atoms with E-state index in [1.54, 1.807) is 38.1 Å². The highest BCUT2D eigenvalue weighted by atomic mass is 32.2. The summed E-state index contributed by atoms with van der Waals surface area (Å²) in [4.78, 5) is 28.3. The molecule has 1 heterocycles. The second-order valence-electron chi connectivity index (χ2n) is 5.72. The molecule has 0 radical (unpaired) electrons. The van der Waals surface area contributed by atoms with Gasteiger partial charge < -0.3 is 10.1 Å². The lowest BCUT2D eigenvalue weighted by atomic mass is 10.2. The maximum atomic E-state index is 12.3. The molecule has 0 fully saturated rings. The van der Waals surface area contributed by atoms with Crippen LogP contribution in [0.5, 0.6) is 0 Å². The number of hydrogen-bond acceptors (Lipinski definition) is 6. The lowest BCUT2D eigenvalue weighted by Crippen LogP contribution is -2.22. The smallest absolute Gasteiger partial charge is 0.338 e. The Labute approximate surface area is 157 Å². The van der Waals surface area contributed by atoms with Gasteiger partial charge >= 0.3 is 5.97 Å². The zero-order chi connectivity index (χ0) is 18.9. The summed E-state index contributed by atoms with van der Waals surface area (Å²) in [5.74, 6) is 0.313. The van der Waals surface area contributed by atoms with Crippen molar-refractivity contribution in [2.45, 2.75) is 50.4 Å². The maximum absolute atomic E-state index is 12.3. The molecule has 0 unspecified atom stereocenters. The van der Waals surface area contributed by atoms with Gasteiger partial charge in [0.05, 0.1) is 17.4 Å². The van der Waals surface area contributed by atoms with Crippen LogP contribution in [0.1, 0.15) is 49.8 Å². The summed E-state index contributed by atoms with van der Waals surface area (Å²) in [7, 11) is 0. The lowest BCUT2D eigenvalue weighted by Gasteiger charge is -2.10. The SMILES string of the molecule is CCCCc1nc(S[C@@H](C)C(=O)Nc2ccc(C(=O)OCC)cc2)n[nH]1. The quantitative estimate of drug-likeness (QED) is 0.514. The molecule has 2 rings (SSSR count). The van der Waals surface area contributed by atoms with Gasteiger partial charge in [0.15, 0.2) is 0 Å². The van der Waals surface area contributed by atoms with Crippen molar-refractivity contribution in [3.05, 3.63) is 35.7 Å². The number of unbranched alkanes of at least 4 members (excludes halogenated alkanes) is 1. The van der Waals surface area contributed by atoms with Gasteiger partial charge in [-0.25, -0.2) is 9.78 Å². The Hall–Kier alpha value is -2.35. The zero-order valence-electron chi connectivity index (χ0n) is 15.2. The minimum Gasteiger partial charge on any atom is -0.462 e. The molecule has 0 aliphatic heterocycles. The van der Waals surface area contributed by atoms with Crippen molar-refractivity contribution in [3.63, 3.8) is 0 Å². The van der Waals surface area contributed by atoms with E-state index in [9.17, 15) is 9.59 Å². The Balaban J connectivity index is 1.88. The monoisotopic (exact) mass is 376 g/mol. The number of aryl methyl sites for hydroxylation is 1. The van der Waals surface area contributed by atoms with E-state index >= 15 is 0 Å². The Kier molecular flexibility index (Phi) is 7.65. The van der Waals surface area contributed by atoms with Crippen LogP contribution in [0.15, 0.2) is 29.4 Å². The molecule has 0 aliphatic carbocycles. The fraction of sp³-hybridized carbons (Fsp3) is 0.444. The van der Waals surface area contributed by atoms with Crippen LogP contribution in [0.3, 0.4) is 0 Å². The molecular weight excluding hydrogens is 352 g/mol. The van der Waals surface area contributed by atoms with Gasteiger partial charge in [-0.05, 0) is 44.5 Å². The normalized spacial score (nSPS) is 11.8. The molecule has 0 aliphatic rings. The number of amides is 1. The summed E-state index contributed by atoms with van der Waals surface area (Å²) in [6.07, 6.45) is 3.01. The van der Waals surface area contributed by atoms with E-state index in [0.717, 1.165) is 25.1 Å². The Morgan fingerprint density at radius 2 is 2.00 bits per heavy atom. The van der Waals surface area contributed by atoms with Crippen molar-refractivity contribution in [3.8, 4) is 0 Å². The van der Waals surface area contributed by atoms with Crippen LogP contribution in [0, 0.1) is 0 Å². The summed E-state index contributed by atoms with van der Waals surface area (Å²) in [6, 6.07) is 6.61. The summed E-state index contributed by atoms with van der Waals surface area (Å²) in [5.41, 5.74) is 1.07. The van der Waals surface area contributed by atoms with Crippen LogP contribution in [0.2, 0.25) is 0 Å². The molecule has 140 valence electrons. The number of aromatic nitrogens is 3. The molecule has 8 heteroatoms. The van der Waals surface area contributed by atoms with Crippen LogP contribution in [0.4, 0.5) is 5.69 Å². The van der Waals surface area contributed by atoms with Crippen molar-refractivity contribution in [2.24, 2.45) is 0 Å². The van der Waals surface area contributed by atoms with E-state index in [2.05, 4.69) is 27.4 Å². The van der Waals surface area contributed by atoms with Crippen LogP contribution >= 0.6 is 11.8 Å². The van der Waals surface area contributed by atoms with Crippen molar-refractivity contribution < 1.29 is 14.3 Å². The molecule has 26 heavy (non-hydrogen) atoms. The first-order valence-corrected chi connectivity index (χ1v) is 9.57. The molecule has 1 amide bonds. The minimum absolute atomic E-state index is 0.154. The fourth-order valence-electron chi connectivity index (χ4n) is 2.15. The molecule has 1 atom stereocenters. The number of nitrogens with one attached hydrogen (secondary N) is 2. The number of carbonyl (C=O) groups is 2. The molecule has 7 nitrogen and oxygen atoms in total. The maximum Gasteiger partial charge on any atom is 0.338 e. The fourth-order valence-corrected chi connectivity index (χ4v) is 2.89. The number of hydrogen-bond donors (Lipinski definition) is 2. The van der Waals surface area contributed by atoms with E-state index in [1.165, 1.54) is 11.8 Å². The average molecular weight is 376 g/mol. The van der Waals surface area contributed by atoms with E-state index in [4.69, 9.17) is 4.74 Å². The summed E-state index contributed by atoms with van der Waals surface area (Å²) >= 11 is 1.30. The standard InChI is InChI=1S/C18H24N4O3S/c1-4-6-7-15-20-18(22-21-15)26-12(3)16(23)19-14-10-8-13(9-11-14)17(24)25-5-2/h8-12H,4-7H2,1-3H3,(H,19,23)(H,20,21,22)/t12-/m0/s1. The predicted octanol–water partition coefficient (Wildman–Crippen LogP) is 3.44. The van der Waals surface area contributed by atoms with Gasteiger partial charge in [-0.3, -0.25) is 9.89 Å². The second-order valence-corrected chi connectivity index (χ2v) is 7.02. The Bertz CT molecular complexity index is 730. The third-order valence-corrected chi connectivity index (χ3v) is 4.55. The van der Waals surface area contributed by atoms with Gasteiger partial charge in [0.2, 0.25) is 11.1 Å². The van der Waals surface area contributed by atoms with Crippen LogP contribution in [0.25, 0.3) is 0 Å². The summed E-state index contributed by atoms with van der Waals surface area (Å²) < 4.78 is 4.93. The number of ether oxygens (including phenoxy) is 1. The largest absolute Gasteiger partial charge is 0.462 e. The average Bonchev–Trinajstić information content (AvgIpc) is 3.08. The first kappa shape index (κ1) is 20.0. The van der Waals surface area contributed by atoms with Gasteiger partial charge in [0.25, 0.3) is 0 Å². The number of rotatable bonds is 9. The lowest BCUT2D eigenvalue weighted by molar-refractivity contribution is -0.115. The van der Waals surface area contributed by atoms with Gasteiger partial charge in [0.1, 0.15) is 5.82 Å². The highest BCUT2D eigenvalue weighted by Crippen LogP contribution is 2.21. The summed E-state index contributed by atoms with van der Waals surface area (Å²) in [5, 5.41) is 10.1. The second kappa shape index (κ2) is 9.96. The first-order valence-electron chi connectivity index (χ1n) is 8.69. The molecule has 0 spiro atoms. The van der Waals surface area contributed by atoms with Crippen LogP contribution in [-0.2, 0) is 16.0 Å². The number of anilines is 1. The van der Waals surface area contributed by atoms with Crippen molar-refractivity contribution >= 4 is 29.3 Å². The van der Waals surface area contributed by atoms with E-state index < -0.39 is 0 Å². The van der Waals surface area contributed by atoms with E-state index in [1.807, 2.05) is 0 Å². The number of H-pyrrole nitrogens is 1. The Morgan fingerprint density at radius 3 is 2.65 bits per heavy atom. The highest BCUT2D eigenvalue weighted by molar-refractivity contribution is 8.00. The molecule has 2 aromatic rings. The van der Waals surface area contributed by atoms with Crippen molar-refractivity contribution in [2.75, 3.05) is 11.9 Å². The van der Waals surface area contributed by atoms with Gasteiger partial charge in [-0.1, -0.05) is 25.1 Å². The molecule has 0 bridgehead atoms.